The molecule has 118 valence electrons. The minimum Gasteiger partial charge on any atom is -0.497 e. The first-order valence-corrected chi connectivity index (χ1v) is 7.53. The molecular formula is C17H21NO4. The molecule has 3 rings (SSSR count). The van der Waals surface area contributed by atoms with Gasteiger partial charge in [0.2, 0.25) is 0 Å². The first-order chi connectivity index (χ1) is 10.6. The van der Waals surface area contributed by atoms with Gasteiger partial charge in [-0.05, 0) is 38.0 Å². The van der Waals surface area contributed by atoms with E-state index < -0.39 is 0 Å². The number of carbonyl (C=O) groups excluding carboxylic acids is 1. The Morgan fingerprint density at radius 3 is 2.64 bits per heavy atom. The highest BCUT2D eigenvalue weighted by atomic mass is 16.5. The van der Waals surface area contributed by atoms with Crippen molar-refractivity contribution in [3.8, 4) is 5.75 Å². The van der Waals surface area contributed by atoms with Crippen LogP contribution in [0, 0.1) is 6.92 Å². The Labute approximate surface area is 129 Å². The van der Waals surface area contributed by atoms with Crippen LogP contribution in [0.5, 0.6) is 5.75 Å². The van der Waals surface area contributed by atoms with E-state index in [2.05, 4.69) is 0 Å². The smallest absolute Gasteiger partial charge is 0.258 e. The highest BCUT2D eigenvalue weighted by Crippen LogP contribution is 2.30. The molecule has 5 nitrogen and oxygen atoms in total. The molecule has 0 unspecified atom stereocenters. The minimum atomic E-state index is 0.0269. The van der Waals surface area contributed by atoms with Crippen molar-refractivity contribution in [2.45, 2.75) is 25.9 Å². The maximum Gasteiger partial charge on any atom is 0.258 e. The molecule has 1 aromatic heterocycles. The topological polar surface area (TPSA) is 51.9 Å². The molecule has 0 N–H and O–H groups in total. The molecule has 0 spiro atoms. The summed E-state index contributed by atoms with van der Waals surface area (Å²) in [5.74, 6) is 1.40. The van der Waals surface area contributed by atoms with E-state index in [1.54, 1.807) is 14.2 Å². The first kappa shape index (κ1) is 14.9. The second-order valence-corrected chi connectivity index (χ2v) is 5.62. The molecule has 1 saturated heterocycles. The molecule has 0 bridgehead atoms. The molecule has 1 aliphatic rings. The van der Waals surface area contributed by atoms with E-state index in [1.165, 1.54) is 0 Å². The third-order valence-corrected chi connectivity index (χ3v) is 4.35. The molecule has 0 radical (unpaired) electrons. The summed E-state index contributed by atoms with van der Waals surface area (Å²) in [7, 11) is 3.34. The van der Waals surface area contributed by atoms with E-state index >= 15 is 0 Å². The van der Waals surface area contributed by atoms with Crippen molar-refractivity contribution in [1.82, 2.24) is 4.90 Å². The van der Waals surface area contributed by atoms with E-state index in [1.807, 2.05) is 30.0 Å². The fourth-order valence-corrected chi connectivity index (χ4v) is 3.04. The predicted octanol–water partition coefficient (Wildman–Crippen LogP) is 3.00. The van der Waals surface area contributed by atoms with Crippen molar-refractivity contribution in [3.05, 3.63) is 29.5 Å². The lowest BCUT2D eigenvalue weighted by Crippen LogP contribution is -2.40. The molecule has 1 aromatic carbocycles. The van der Waals surface area contributed by atoms with Crippen LogP contribution < -0.4 is 4.74 Å². The zero-order valence-electron chi connectivity index (χ0n) is 13.2. The van der Waals surface area contributed by atoms with E-state index in [-0.39, 0.29) is 12.0 Å². The van der Waals surface area contributed by atoms with Gasteiger partial charge in [-0.25, -0.2) is 0 Å². The summed E-state index contributed by atoms with van der Waals surface area (Å²) in [5.41, 5.74) is 1.36. The number of piperidine rings is 1. The number of likely N-dealkylation sites (tertiary alicyclic amines) is 1. The SMILES string of the molecule is COc1ccc2oc(C)c(C(=O)N3CCC(OC)CC3)c2c1. The standard InChI is InChI=1S/C17H21NO4/c1-11-16(14-10-13(21-3)4-5-15(14)22-11)17(19)18-8-6-12(20-2)7-9-18/h4-5,10,12H,6-9H2,1-3H3. The predicted molar refractivity (Wildman–Crippen MR) is 83.4 cm³/mol. The number of furan rings is 1. The average Bonchev–Trinajstić information content (AvgIpc) is 2.89. The minimum absolute atomic E-state index is 0.0269. The summed E-state index contributed by atoms with van der Waals surface area (Å²) in [6.07, 6.45) is 2.01. The number of nitrogens with zero attached hydrogens (tertiary/aromatic N) is 1. The molecule has 0 aliphatic carbocycles. The largest absolute Gasteiger partial charge is 0.497 e. The van der Waals surface area contributed by atoms with Crippen LogP contribution in [0.25, 0.3) is 11.0 Å². The van der Waals surface area contributed by atoms with Crippen molar-refractivity contribution in [3.63, 3.8) is 0 Å². The highest BCUT2D eigenvalue weighted by molar-refractivity contribution is 6.07. The molecule has 2 heterocycles. The van der Waals surface area contributed by atoms with E-state index in [4.69, 9.17) is 13.9 Å². The average molecular weight is 303 g/mol. The van der Waals surface area contributed by atoms with Crippen LogP contribution >= 0.6 is 0 Å². The number of aryl methyl sites for hydroxylation is 1. The van der Waals surface area contributed by atoms with Gasteiger partial charge in [0.25, 0.3) is 5.91 Å². The number of carbonyl (C=O) groups is 1. The van der Waals surface area contributed by atoms with Gasteiger partial charge >= 0.3 is 0 Å². The van der Waals surface area contributed by atoms with Gasteiger partial charge in [-0.15, -0.1) is 0 Å². The molecule has 1 amide bonds. The zero-order chi connectivity index (χ0) is 15.7. The molecule has 1 fully saturated rings. The highest BCUT2D eigenvalue weighted by Gasteiger charge is 2.27. The van der Waals surface area contributed by atoms with Crippen LogP contribution in [0.15, 0.2) is 22.6 Å². The summed E-state index contributed by atoms with van der Waals surface area (Å²) < 4.78 is 16.3. The molecule has 5 heteroatoms. The molecular weight excluding hydrogens is 282 g/mol. The third-order valence-electron chi connectivity index (χ3n) is 4.35. The number of hydrogen-bond acceptors (Lipinski definition) is 4. The number of methoxy groups -OCH3 is 2. The Kier molecular flexibility index (Phi) is 4.07. The van der Waals surface area contributed by atoms with Crippen LogP contribution in [0.4, 0.5) is 0 Å². The molecule has 22 heavy (non-hydrogen) atoms. The lowest BCUT2D eigenvalue weighted by molar-refractivity contribution is 0.0351. The molecule has 2 aromatic rings. The zero-order valence-corrected chi connectivity index (χ0v) is 13.2. The van der Waals surface area contributed by atoms with Crippen LogP contribution in [0.3, 0.4) is 0 Å². The van der Waals surface area contributed by atoms with E-state index in [0.717, 1.165) is 24.0 Å². The van der Waals surface area contributed by atoms with Crippen LogP contribution in [0.2, 0.25) is 0 Å². The number of fused-ring (bicyclic) bond motifs is 1. The quantitative estimate of drug-likeness (QED) is 0.874. The van der Waals surface area contributed by atoms with Gasteiger partial charge in [-0.3, -0.25) is 4.79 Å². The first-order valence-electron chi connectivity index (χ1n) is 7.53. The number of rotatable bonds is 3. The Bertz CT molecular complexity index is 683. The normalized spacial score (nSPS) is 16.2. The Hall–Kier alpha value is -2.01. The summed E-state index contributed by atoms with van der Waals surface area (Å²) in [6, 6.07) is 5.54. The lowest BCUT2D eigenvalue weighted by atomic mass is 10.0. The van der Waals surface area contributed by atoms with Gasteiger partial charge in [0.05, 0.1) is 18.8 Å². The lowest BCUT2D eigenvalue weighted by Gasteiger charge is -2.31. The molecule has 0 saturated carbocycles. The maximum absolute atomic E-state index is 12.9. The van der Waals surface area contributed by atoms with Crippen molar-refractivity contribution >= 4 is 16.9 Å². The summed E-state index contributed by atoms with van der Waals surface area (Å²) in [5, 5.41) is 0.815. The van der Waals surface area contributed by atoms with Gasteiger partial charge in [0.15, 0.2) is 0 Å². The monoisotopic (exact) mass is 303 g/mol. The van der Waals surface area contributed by atoms with Crippen molar-refractivity contribution < 1.29 is 18.7 Å². The Morgan fingerprint density at radius 2 is 2.00 bits per heavy atom. The van der Waals surface area contributed by atoms with Gasteiger partial charge in [0.1, 0.15) is 17.1 Å². The Morgan fingerprint density at radius 1 is 1.27 bits per heavy atom. The maximum atomic E-state index is 12.9. The fourth-order valence-electron chi connectivity index (χ4n) is 3.04. The summed E-state index contributed by atoms with van der Waals surface area (Å²) in [6.45, 7) is 3.27. The van der Waals surface area contributed by atoms with E-state index in [0.29, 0.717) is 30.0 Å². The summed E-state index contributed by atoms with van der Waals surface area (Å²) >= 11 is 0. The second-order valence-electron chi connectivity index (χ2n) is 5.62. The van der Waals surface area contributed by atoms with Crippen LogP contribution in [-0.4, -0.2) is 44.2 Å². The number of ether oxygens (including phenoxy) is 2. The van der Waals surface area contributed by atoms with Crippen LogP contribution in [0.1, 0.15) is 29.0 Å². The number of benzene rings is 1. The third kappa shape index (κ3) is 2.57. The van der Waals surface area contributed by atoms with Crippen molar-refractivity contribution in [2.75, 3.05) is 27.3 Å². The van der Waals surface area contributed by atoms with Crippen molar-refractivity contribution in [1.29, 1.82) is 0 Å². The fraction of sp³-hybridized carbons (Fsp3) is 0.471. The van der Waals surface area contributed by atoms with Gasteiger partial charge in [-0.1, -0.05) is 0 Å². The second kappa shape index (κ2) is 6.01. The number of amides is 1. The molecule has 0 atom stereocenters. The van der Waals surface area contributed by atoms with Gasteiger partial charge in [0, 0.05) is 25.6 Å². The van der Waals surface area contributed by atoms with E-state index in [9.17, 15) is 4.79 Å². The summed E-state index contributed by atoms with van der Waals surface area (Å²) in [4.78, 5) is 14.8. The van der Waals surface area contributed by atoms with Gasteiger partial charge in [-0.2, -0.15) is 0 Å². The van der Waals surface area contributed by atoms with Crippen molar-refractivity contribution in [2.24, 2.45) is 0 Å². The molecule has 1 aliphatic heterocycles. The van der Waals surface area contributed by atoms with Crippen LogP contribution in [-0.2, 0) is 4.74 Å². The van der Waals surface area contributed by atoms with Gasteiger partial charge < -0.3 is 18.8 Å². The number of hydrogen-bond donors (Lipinski definition) is 0. The Balaban J connectivity index is 1.92.